The van der Waals surface area contributed by atoms with Crippen molar-refractivity contribution in [1.82, 2.24) is 0 Å². The fraction of sp³-hybridized carbons (Fsp3) is 0.308. The second kappa shape index (κ2) is 10.8. The van der Waals surface area contributed by atoms with E-state index in [2.05, 4.69) is 22.3 Å². The highest BCUT2D eigenvalue weighted by Crippen LogP contribution is 2.34. The largest absolute Gasteiger partial charge is 0.493 e. The molecule has 1 heterocycles. The number of ether oxygens (including phenoxy) is 2. The summed E-state index contributed by atoms with van der Waals surface area (Å²) in [6.07, 6.45) is 3.75. The lowest BCUT2D eigenvalue weighted by atomic mass is 10.1. The second-order valence-electron chi connectivity index (χ2n) is 7.90. The monoisotopic (exact) mass is 470 g/mol. The standard InChI is InChI=1S/C26H28Cl2N2O2/c1-31-25-11-7-9-19(26(25)32-18-20-8-3-4-10-22(20)27)17-29-21-12-13-24(23(28)16-21)30-14-5-2-6-15-30/h3-4,7-13,16,29H,2,5-6,14-15,17-18H2,1H3. The van der Waals surface area contributed by atoms with Crippen LogP contribution < -0.4 is 19.7 Å². The number of methoxy groups -OCH3 is 1. The molecule has 4 nitrogen and oxygen atoms in total. The third-order valence-electron chi connectivity index (χ3n) is 5.74. The summed E-state index contributed by atoms with van der Waals surface area (Å²) in [6.45, 7) is 3.09. The number of hydrogen-bond donors (Lipinski definition) is 1. The Labute approximate surface area is 200 Å². The van der Waals surface area contributed by atoms with Gasteiger partial charge in [0.15, 0.2) is 11.5 Å². The van der Waals surface area contributed by atoms with Crippen LogP contribution in [0.1, 0.15) is 30.4 Å². The zero-order valence-corrected chi connectivity index (χ0v) is 19.8. The van der Waals surface area contributed by atoms with Gasteiger partial charge in [0.1, 0.15) is 6.61 Å². The summed E-state index contributed by atoms with van der Waals surface area (Å²) in [5.74, 6) is 1.40. The second-order valence-corrected chi connectivity index (χ2v) is 8.71. The summed E-state index contributed by atoms with van der Waals surface area (Å²) >= 11 is 12.9. The number of benzene rings is 3. The maximum atomic E-state index is 6.62. The normalized spacial score (nSPS) is 13.7. The number of anilines is 2. The van der Waals surface area contributed by atoms with Crippen molar-refractivity contribution >= 4 is 34.6 Å². The van der Waals surface area contributed by atoms with Crippen molar-refractivity contribution in [3.63, 3.8) is 0 Å². The number of rotatable bonds is 8. The summed E-state index contributed by atoms with van der Waals surface area (Å²) in [4.78, 5) is 2.37. The summed E-state index contributed by atoms with van der Waals surface area (Å²) < 4.78 is 11.7. The van der Waals surface area contributed by atoms with Gasteiger partial charge in [0.05, 0.1) is 17.8 Å². The molecule has 4 rings (SSSR count). The molecule has 0 bridgehead atoms. The number of nitrogens with zero attached hydrogens (tertiary/aromatic N) is 1. The topological polar surface area (TPSA) is 33.7 Å². The summed E-state index contributed by atoms with van der Waals surface area (Å²) in [5, 5.41) is 4.93. The van der Waals surface area contributed by atoms with Crippen molar-refractivity contribution in [2.24, 2.45) is 0 Å². The van der Waals surface area contributed by atoms with Gasteiger partial charge in [0, 0.05) is 41.5 Å². The Hall–Kier alpha value is -2.56. The van der Waals surface area contributed by atoms with E-state index in [0.717, 1.165) is 40.6 Å². The molecule has 1 aliphatic rings. The molecule has 0 unspecified atom stereocenters. The Kier molecular flexibility index (Phi) is 7.67. The molecule has 1 fully saturated rings. The lowest BCUT2D eigenvalue weighted by Crippen LogP contribution is -2.29. The van der Waals surface area contributed by atoms with Crippen molar-refractivity contribution in [3.05, 3.63) is 81.8 Å². The van der Waals surface area contributed by atoms with Gasteiger partial charge in [-0.05, 0) is 49.6 Å². The maximum absolute atomic E-state index is 6.62. The molecular weight excluding hydrogens is 443 g/mol. The number of hydrogen-bond acceptors (Lipinski definition) is 4. The van der Waals surface area contributed by atoms with E-state index in [1.807, 2.05) is 48.5 Å². The Morgan fingerprint density at radius 2 is 1.66 bits per heavy atom. The lowest BCUT2D eigenvalue weighted by Gasteiger charge is -2.29. The third-order valence-corrected chi connectivity index (χ3v) is 6.41. The van der Waals surface area contributed by atoms with Crippen LogP contribution in [0.5, 0.6) is 11.5 Å². The van der Waals surface area contributed by atoms with Crippen LogP contribution in [-0.2, 0) is 13.2 Å². The third kappa shape index (κ3) is 5.43. The Balaban J connectivity index is 1.47. The fourth-order valence-corrected chi connectivity index (χ4v) is 4.49. The SMILES string of the molecule is COc1cccc(CNc2ccc(N3CCCCC3)c(Cl)c2)c1OCc1ccccc1Cl. The Morgan fingerprint density at radius 3 is 2.41 bits per heavy atom. The Bertz CT molecular complexity index is 1050. The molecule has 3 aromatic carbocycles. The van der Waals surface area contributed by atoms with Gasteiger partial charge >= 0.3 is 0 Å². The van der Waals surface area contributed by atoms with Crippen molar-refractivity contribution in [3.8, 4) is 11.5 Å². The van der Waals surface area contributed by atoms with Gasteiger partial charge in [-0.15, -0.1) is 0 Å². The average molecular weight is 471 g/mol. The van der Waals surface area contributed by atoms with Gasteiger partial charge in [0.25, 0.3) is 0 Å². The fourth-order valence-electron chi connectivity index (χ4n) is 4.00. The first kappa shape index (κ1) is 22.6. The number of piperidine rings is 1. The minimum atomic E-state index is 0.364. The van der Waals surface area contributed by atoms with E-state index in [1.165, 1.54) is 19.3 Å². The first-order chi connectivity index (χ1) is 15.7. The molecule has 168 valence electrons. The summed E-state index contributed by atoms with van der Waals surface area (Å²) in [6, 6.07) is 19.8. The molecule has 1 saturated heterocycles. The smallest absolute Gasteiger partial charge is 0.166 e. The van der Waals surface area contributed by atoms with Gasteiger partial charge < -0.3 is 19.7 Å². The molecule has 32 heavy (non-hydrogen) atoms. The van der Waals surface area contributed by atoms with Gasteiger partial charge in [-0.1, -0.05) is 53.5 Å². The van der Waals surface area contributed by atoms with E-state index in [0.29, 0.717) is 29.7 Å². The highest BCUT2D eigenvalue weighted by Gasteiger charge is 2.15. The molecule has 0 radical (unpaired) electrons. The van der Waals surface area contributed by atoms with Crippen LogP contribution in [-0.4, -0.2) is 20.2 Å². The molecule has 0 aromatic heterocycles. The quantitative estimate of drug-likeness (QED) is 0.377. The van der Waals surface area contributed by atoms with Crippen LogP contribution >= 0.6 is 23.2 Å². The zero-order valence-electron chi connectivity index (χ0n) is 18.2. The van der Waals surface area contributed by atoms with Crippen LogP contribution in [0.25, 0.3) is 0 Å². The van der Waals surface area contributed by atoms with Gasteiger partial charge in [0.2, 0.25) is 0 Å². The zero-order chi connectivity index (χ0) is 22.3. The molecule has 1 aliphatic heterocycles. The molecule has 6 heteroatoms. The molecule has 0 spiro atoms. The molecule has 0 atom stereocenters. The maximum Gasteiger partial charge on any atom is 0.166 e. The highest BCUT2D eigenvalue weighted by molar-refractivity contribution is 6.33. The van der Waals surface area contributed by atoms with Crippen molar-refractivity contribution in [2.75, 3.05) is 30.4 Å². The van der Waals surface area contributed by atoms with Crippen molar-refractivity contribution in [1.29, 1.82) is 0 Å². The number of nitrogens with one attached hydrogen (secondary N) is 1. The van der Waals surface area contributed by atoms with Crippen LogP contribution in [0.4, 0.5) is 11.4 Å². The lowest BCUT2D eigenvalue weighted by molar-refractivity contribution is 0.282. The van der Waals surface area contributed by atoms with Gasteiger partial charge in [-0.25, -0.2) is 0 Å². The van der Waals surface area contributed by atoms with Crippen molar-refractivity contribution in [2.45, 2.75) is 32.4 Å². The molecule has 0 aliphatic carbocycles. The van der Waals surface area contributed by atoms with Crippen LogP contribution in [0, 0.1) is 0 Å². The van der Waals surface area contributed by atoms with E-state index in [1.54, 1.807) is 7.11 Å². The van der Waals surface area contributed by atoms with E-state index in [-0.39, 0.29) is 0 Å². The summed E-state index contributed by atoms with van der Waals surface area (Å²) in [7, 11) is 1.65. The minimum Gasteiger partial charge on any atom is -0.493 e. The first-order valence-electron chi connectivity index (χ1n) is 11.0. The molecule has 1 N–H and O–H groups in total. The number of halogens is 2. The molecule has 3 aromatic rings. The van der Waals surface area contributed by atoms with Crippen molar-refractivity contribution < 1.29 is 9.47 Å². The van der Waals surface area contributed by atoms with Gasteiger partial charge in [-0.2, -0.15) is 0 Å². The van der Waals surface area contributed by atoms with E-state index in [9.17, 15) is 0 Å². The highest BCUT2D eigenvalue weighted by atomic mass is 35.5. The van der Waals surface area contributed by atoms with E-state index < -0.39 is 0 Å². The van der Waals surface area contributed by atoms with Crippen LogP contribution in [0.2, 0.25) is 10.0 Å². The minimum absolute atomic E-state index is 0.364. The first-order valence-corrected chi connectivity index (χ1v) is 11.7. The van der Waals surface area contributed by atoms with Gasteiger partial charge in [-0.3, -0.25) is 0 Å². The molecular formula is C26H28Cl2N2O2. The van der Waals surface area contributed by atoms with E-state index >= 15 is 0 Å². The van der Waals surface area contributed by atoms with Crippen LogP contribution in [0.3, 0.4) is 0 Å². The number of para-hydroxylation sites is 1. The predicted molar refractivity (Wildman–Crippen MR) is 134 cm³/mol. The average Bonchev–Trinajstić information content (AvgIpc) is 2.83. The van der Waals surface area contributed by atoms with Crippen LogP contribution in [0.15, 0.2) is 60.7 Å². The molecule has 0 amide bonds. The Morgan fingerprint density at radius 1 is 0.875 bits per heavy atom. The summed E-state index contributed by atoms with van der Waals surface area (Å²) in [5.41, 5.74) is 4.00. The predicted octanol–water partition coefficient (Wildman–Crippen LogP) is 7.18. The van der Waals surface area contributed by atoms with E-state index in [4.69, 9.17) is 32.7 Å². The molecule has 0 saturated carbocycles.